The molecule has 3 heteroatoms. The van der Waals surface area contributed by atoms with Crippen LogP contribution in [-0.2, 0) is 0 Å². The zero-order chi connectivity index (χ0) is 11.8. The molecule has 2 saturated heterocycles. The first-order valence-corrected chi connectivity index (χ1v) is 6.35. The van der Waals surface area contributed by atoms with E-state index in [2.05, 4.69) is 5.32 Å². The van der Waals surface area contributed by atoms with Crippen molar-refractivity contribution < 1.29 is 9.13 Å². The summed E-state index contributed by atoms with van der Waals surface area (Å²) in [5, 5.41) is 3.61. The first-order chi connectivity index (χ1) is 8.26. The molecule has 0 spiro atoms. The van der Waals surface area contributed by atoms with Crippen molar-refractivity contribution in [1.29, 1.82) is 0 Å². The van der Waals surface area contributed by atoms with Crippen molar-refractivity contribution in [2.24, 2.45) is 0 Å². The highest BCUT2D eigenvalue weighted by Gasteiger charge is 2.34. The Kier molecular flexibility index (Phi) is 2.79. The number of nitrogens with one attached hydrogen (secondary N) is 1. The van der Waals surface area contributed by atoms with Gasteiger partial charge in [-0.15, -0.1) is 0 Å². The topological polar surface area (TPSA) is 21.3 Å². The molecule has 2 aliphatic heterocycles. The zero-order valence-electron chi connectivity index (χ0n) is 10.1. The molecule has 3 atom stereocenters. The summed E-state index contributed by atoms with van der Waals surface area (Å²) < 4.78 is 18.6. The van der Waals surface area contributed by atoms with Gasteiger partial charge in [-0.05, 0) is 49.3 Å². The van der Waals surface area contributed by atoms with E-state index in [9.17, 15) is 4.39 Å². The molecule has 2 heterocycles. The van der Waals surface area contributed by atoms with Crippen LogP contribution < -0.4 is 10.1 Å². The molecule has 0 radical (unpaired) electrons. The van der Waals surface area contributed by atoms with Gasteiger partial charge in [0.2, 0.25) is 0 Å². The van der Waals surface area contributed by atoms with Crippen LogP contribution >= 0.6 is 0 Å². The Balaban J connectivity index is 1.82. The molecule has 0 aliphatic carbocycles. The molecular weight excluding hydrogens is 217 g/mol. The molecule has 2 fully saturated rings. The summed E-state index contributed by atoms with van der Waals surface area (Å²) in [5.74, 6) is 0.607. The van der Waals surface area contributed by atoms with Crippen LogP contribution in [0.2, 0.25) is 0 Å². The van der Waals surface area contributed by atoms with Crippen molar-refractivity contribution in [3.8, 4) is 5.75 Å². The first kappa shape index (κ1) is 11.0. The smallest absolute Gasteiger partial charge is 0.165 e. The Morgan fingerprint density at radius 3 is 2.53 bits per heavy atom. The molecule has 0 aromatic heterocycles. The second-order valence-electron chi connectivity index (χ2n) is 5.20. The fraction of sp³-hybridized carbons (Fsp3) is 0.571. The summed E-state index contributed by atoms with van der Waals surface area (Å²) in [5.41, 5.74) is 1.13. The third-order valence-electron chi connectivity index (χ3n) is 4.12. The van der Waals surface area contributed by atoms with E-state index < -0.39 is 0 Å². The summed E-state index contributed by atoms with van der Waals surface area (Å²) in [7, 11) is 1.50. The van der Waals surface area contributed by atoms with Crippen LogP contribution in [-0.4, -0.2) is 19.2 Å². The van der Waals surface area contributed by atoms with Gasteiger partial charge in [-0.3, -0.25) is 0 Å². The molecule has 3 rings (SSSR count). The van der Waals surface area contributed by atoms with Crippen LogP contribution in [0.1, 0.15) is 37.2 Å². The standard InChI is InChI=1S/C14H18FNO/c1-17-14-5-2-9(8-13(14)15)10-6-11-3-4-12(7-10)16-11/h2,5,8,10-12,16H,3-4,6-7H2,1H3/t10?,11-,12+. The second-order valence-corrected chi connectivity index (χ2v) is 5.20. The summed E-state index contributed by atoms with van der Waals surface area (Å²) in [6.45, 7) is 0. The highest BCUT2D eigenvalue weighted by Crippen LogP contribution is 2.38. The SMILES string of the molecule is COc1ccc(C2C[C@H]3CC[C@@H](C2)N3)cc1F. The quantitative estimate of drug-likeness (QED) is 0.851. The van der Waals surface area contributed by atoms with Gasteiger partial charge in [-0.25, -0.2) is 4.39 Å². The Morgan fingerprint density at radius 1 is 1.24 bits per heavy atom. The minimum absolute atomic E-state index is 0.240. The van der Waals surface area contributed by atoms with E-state index in [4.69, 9.17) is 4.74 Å². The van der Waals surface area contributed by atoms with Crippen LogP contribution in [0.15, 0.2) is 18.2 Å². The van der Waals surface area contributed by atoms with Crippen LogP contribution in [0.5, 0.6) is 5.75 Å². The average Bonchev–Trinajstić information content (AvgIpc) is 2.68. The van der Waals surface area contributed by atoms with Gasteiger partial charge >= 0.3 is 0 Å². The van der Waals surface area contributed by atoms with Crippen LogP contribution in [0.25, 0.3) is 0 Å². The molecule has 1 unspecified atom stereocenters. The summed E-state index contributed by atoms with van der Waals surface area (Å²) in [4.78, 5) is 0. The lowest BCUT2D eigenvalue weighted by Gasteiger charge is -2.29. The number of halogens is 1. The van der Waals surface area contributed by atoms with E-state index >= 15 is 0 Å². The third-order valence-corrected chi connectivity index (χ3v) is 4.12. The minimum Gasteiger partial charge on any atom is -0.494 e. The number of benzene rings is 1. The first-order valence-electron chi connectivity index (χ1n) is 6.35. The predicted octanol–water partition coefficient (Wildman–Crippen LogP) is 2.83. The molecule has 2 bridgehead atoms. The van der Waals surface area contributed by atoms with Gasteiger partial charge < -0.3 is 10.1 Å². The van der Waals surface area contributed by atoms with E-state index in [1.807, 2.05) is 6.07 Å². The number of hydrogen-bond acceptors (Lipinski definition) is 2. The Morgan fingerprint density at radius 2 is 1.94 bits per heavy atom. The average molecular weight is 235 g/mol. The lowest BCUT2D eigenvalue weighted by Crippen LogP contribution is -2.37. The van der Waals surface area contributed by atoms with Gasteiger partial charge in [-0.2, -0.15) is 0 Å². The number of rotatable bonds is 2. The van der Waals surface area contributed by atoms with Crippen LogP contribution in [0.3, 0.4) is 0 Å². The van der Waals surface area contributed by atoms with E-state index in [0.29, 0.717) is 23.8 Å². The molecule has 92 valence electrons. The largest absolute Gasteiger partial charge is 0.494 e. The van der Waals surface area contributed by atoms with Gasteiger partial charge in [0.25, 0.3) is 0 Å². The van der Waals surface area contributed by atoms with E-state index in [1.165, 1.54) is 20.0 Å². The normalized spacial score (nSPS) is 31.5. The number of ether oxygens (including phenoxy) is 1. The second kappa shape index (κ2) is 4.30. The zero-order valence-corrected chi connectivity index (χ0v) is 10.1. The fourth-order valence-corrected chi connectivity index (χ4v) is 3.27. The van der Waals surface area contributed by atoms with Crippen LogP contribution in [0, 0.1) is 5.82 Å². The molecule has 0 amide bonds. The minimum atomic E-state index is -0.240. The van der Waals surface area contributed by atoms with E-state index in [0.717, 1.165) is 18.4 Å². The van der Waals surface area contributed by atoms with Crippen LogP contribution in [0.4, 0.5) is 4.39 Å². The van der Waals surface area contributed by atoms with Crippen molar-refractivity contribution in [3.05, 3.63) is 29.6 Å². The highest BCUT2D eigenvalue weighted by molar-refractivity contribution is 5.32. The highest BCUT2D eigenvalue weighted by atomic mass is 19.1. The summed E-state index contributed by atoms with van der Waals surface area (Å²) in [6.07, 6.45) is 4.84. The number of hydrogen-bond donors (Lipinski definition) is 1. The molecule has 1 aromatic carbocycles. The summed E-state index contributed by atoms with van der Waals surface area (Å²) >= 11 is 0. The molecule has 1 N–H and O–H groups in total. The van der Waals surface area contributed by atoms with Crippen molar-refractivity contribution in [1.82, 2.24) is 5.32 Å². The molecule has 1 aromatic rings. The molecule has 17 heavy (non-hydrogen) atoms. The Bertz CT molecular complexity index is 409. The van der Waals surface area contributed by atoms with Crippen molar-refractivity contribution >= 4 is 0 Å². The van der Waals surface area contributed by atoms with Gasteiger partial charge in [0.1, 0.15) is 0 Å². The predicted molar refractivity (Wildman–Crippen MR) is 64.9 cm³/mol. The fourth-order valence-electron chi connectivity index (χ4n) is 3.27. The number of methoxy groups -OCH3 is 1. The van der Waals surface area contributed by atoms with E-state index in [-0.39, 0.29) is 5.82 Å². The summed E-state index contributed by atoms with van der Waals surface area (Å²) in [6, 6.07) is 6.69. The van der Waals surface area contributed by atoms with Gasteiger partial charge in [0.05, 0.1) is 7.11 Å². The van der Waals surface area contributed by atoms with Gasteiger partial charge in [-0.1, -0.05) is 6.07 Å². The van der Waals surface area contributed by atoms with Crippen molar-refractivity contribution in [2.45, 2.75) is 43.7 Å². The van der Waals surface area contributed by atoms with E-state index in [1.54, 1.807) is 12.1 Å². The molecule has 0 saturated carbocycles. The van der Waals surface area contributed by atoms with Crippen molar-refractivity contribution in [3.63, 3.8) is 0 Å². The monoisotopic (exact) mass is 235 g/mol. The lowest BCUT2D eigenvalue weighted by atomic mass is 9.86. The Labute approximate surface area is 101 Å². The lowest BCUT2D eigenvalue weighted by molar-refractivity contribution is 0.359. The third kappa shape index (κ3) is 2.04. The maximum absolute atomic E-state index is 13.7. The van der Waals surface area contributed by atoms with Gasteiger partial charge in [0, 0.05) is 12.1 Å². The Hall–Kier alpha value is -1.09. The molecular formula is C14H18FNO. The molecule has 2 nitrogen and oxygen atoms in total. The maximum Gasteiger partial charge on any atom is 0.165 e. The molecule has 2 aliphatic rings. The van der Waals surface area contributed by atoms with Crippen molar-refractivity contribution in [2.75, 3.05) is 7.11 Å². The number of fused-ring (bicyclic) bond motifs is 2. The maximum atomic E-state index is 13.7. The van der Waals surface area contributed by atoms with Gasteiger partial charge in [0.15, 0.2) is 11.6 Å². The number of piperidine rings is 1.